The smallest absolute Gasteiger partial charge is 0.132 e. The molecule has 3 heterocycles. The Labute approximate surface area is 142 Å². The molecule has 2 aliphatic rings. The van der Waals surface area contributed by atoms with Crippen LogP contribution in [-0.2, 0) is 5.54 Å². The predicted octanol–water partition coefficient (Wildman–Crippen LogP) is 2.04. The summed E-state index contributed by atoms with van der Waals surface area (Å²) in [5.74, 6) is 0.627. The fourth-order valence-corrected chi connectivity index (χ4v) is 3.96. The summed E-state index contributed by atoms with van der Waals surface area (Å²) < 4.78 is 2.14. The molecule has 1 unspecified atom stereocenters. The van der Waals surface area contributed by atoms with Crippen LogP contribution in [0, 0.1) is 5.92 Å². The first-order chi connectivity index (χ1) is 11.7. The minimum Gasteiger partial charge on any atom is -0.346 e. The van der Waals surface area contributed by atoms with Gasteiger partial charge in [0.2, 0.25) is 0 Å². The van der Waals surface area contributed by atoms with E-state index in [-0.39, 0.29) is 5.54 Å². The summed E-state index contributed by atoms with van der Waals surface area (Å²) in [6, 6.07) is 2.15. The highest BCUT2D eigenvalue weighted by molar-refractivity contribution is 5.64. The summed E-state index contributed by atoms with van der Waals surface area (Å²) in [6.07, 6.45) is 11.9. The first kappa shape index (κ1) is 15.4. The van der Waals surface area contributed by atoms with E-state index in [4.69, 9.17) is 10.1 Å². The van der Waals surface area contributed by atoms with Gasteiger partial charge < -0.3 is 4.98 Å². The molecule has 0 aromatic carbocycles. The monoisotopic (exact) mass is 323 g/mol. The third kappa shape index (κ3) is 2.52. The molecule has 0 spiro atoms. The van der Waals surface area contributed by atoms with E-state index in [1.54, 1.807) is 0 Å². The Morgan fingerprint density at radius 1 is 1.46 bits per heavy atom. The number of hydrogen-bond acceptors (Lipinski definition) is 3. The molecule has 1 aliphatic carbocycles. The lowest BCUT2D eigenvalue weighted by Gasteiger charge is -2.40. The van der Waals surface area contributed by atoms with Gasteiger partial charge in [0.05, 0.1) is 18.3 Å². The maximum atomic E-state index is 4.72. The third-order valence-electron chi connectivity index (χ3n) is 5.60. The van der Waals surface area contributed by atoms with Gasteiger partial charge in [0.15, 0.2) is 0 Å². The first-order valence-electron chi connectivity index (χ1n) is 8.91. The Morgan fingerprint density at radius 3 is 3.08 bits per heavy atom. The number of nitrogens with zero attached hydrogens (tertiary/aromatic N) is 4. The Morgan fingerprint density at radius 2 is 2.33 bits per heavy atom. The van der Waals surface area contributed by atoms with E-state index in [1.807, 2.05) is 12.4 Å². The molecule has 24 heavy (non-hydrogen) atoms. The van der Waals surface area contributed by atoms with Crippen molar-refractivity contribution in [2.75, 3.05) is 13.1 Å². The number of H-pyrrole nitrogens is 1. The summed E-state index contributed by atoms with van der Waals surface area (Å²) in [5, 5.41) is 5.94. The van der Waals surface area contributed by atoms with Crippen molar-refractivity contribution in [1.82, 2.24) is 14.8 Å². The number of aromatic amines is 1. The number of rotatable bonds is 4. The van der Waals surface area contributed by atoms with Gasteiger partial charge in [-0.25, -0.2) is 0 Å². The van der Waals surface area contributed by atoms with Crippen LogP contribution in [0.5, 0.6) is 0 Å². The lowest BCUT2D eigenvalue weighted by atomic mass is 9.77. The van der Waals surface area contributed by atoms with Crippen molar-refractivity contribution in [2.24, 2.45) is 15.9 Å². The van der Waals surface area contributed by atoms with Crippen molar-refractivity contribution >= 4 is 12.3 Å². The summed E-state index contributed by atoms with van der Waals surface area (Å²) in [6.45, 7) is 7.66. The molecule has 2 aromatic rings. The number of fused-ring (bicyclic) bond motifs is 1. The van der Waals surface area contributed by atoms with E-state index >= 15 is 0 Å². The molecule has 126 valence electrons. The quantitative estimate of drug-likeness (QED) is 0.860. The molecule has 1 aliphatic heterocycles. The van der Waals surface area contributed by atoms with Gasteiger partial charge >= 0.3 is 0 Å². The lowest BCUT2D eigenvalue weighted by molar-refractivity contribution is 0.135. The molecule has 5 heteroatoms. The molecular formula is C19H25N5. The van der Waals surface area contributed by atoms with Gasteiger partial charge in [0.1, 0.15) is 5.49 Å². The molecule has 0 amide bonds. The van der Waals surface area contributed by atoms with Crippen LogP contribution in [0.1, 0.15) is 44.6 Å². The zero-order chi connectivity index (χ0) is 16.6. The first-order valence-corrected chi connectivity index (χ1v) is 8.91. The Bertz CT molecular complexity index is 852. The average Bonchev–Trinajstić information content (AvgIpc) is 3.16. The Hall–Kier alpha value is -2.17. The average molecular weight is 323 g/mol. The van der Waals surface area contributed by atoms with Gasteiger partial charge in [-0.05, 0) is 56.4 Å². The van der Waals surface area contributed by atoms with Crippen LogP contribution in [0.15, 0.2) is 34.6 Å². The maximum absolute atomic E-state index is 4.72. The van der Waals surface area contributed by atoms with Gasteiger partial charge in [0, 0.05) is 29.7 Å². The van der Waals surface area contributed by atoms with Crippen molar-refractivity contribution in [2.45, 2.75) is 44.6 Å². The summed E-state index contributed by atoms with van der Waals surface area (Å²) in [5.41, 5.74) is 3.64. The van der Waals surface area contributed by atoms with Crippen LogP contribution in [-0.4, -0.2) is 34.6 Å². The van der Waals surface area contributed by atoms with Crippen LogP contribution >= 0.6 is 0 Å². The topological polar surface area (TPSA) is 58.3 Å². The minimum absolute atomic E-state index is 0.0547. The van der Waals surface area contributed by atoms with E-state index in [0.717, 1.165) is 44.3 Å². The summed E-state index contributed by atoms with van der Waals surface area (Å²) in [7, 11) is 0. The molecule has 1 saturated carbocycles. The zero-order valence-corrected chi connectivity index (χ0v) is 14.3. The number of aromatic nitrogens is 3. The highest BCUT2D eigenvalue weighted by Gasteiger charge is 2.39. The maximum Gasteiger partial charge on any atom is 0.132 e. The van der Waals surface area contributed by atoms with Gasteiger partial charge in [-0.3, -0.25) is 14.7 Å². The standard InChI is InChI=1S/C19H25N5/c1-14-4-8-21-18-16(5-9-22-18)17(10-14)15-11-23-24(12-15)19(13-20-2)6-3-7-19/h5,9,11-12,14H,2-4,6-8,10,13H2,1H3,(H,21,22)/b17-16+. The van der Waals surface area contributed by atoms with Crippen LogP contribution < -0.4 is 10.7 Å². The van der Waals surface area contributed by atoms with E-state index in [0.29, 0.717) is 5.92 Å². The molecule has 4 rings (SSSR count). The van der Waals surface area contributed by atoms with Crippen LogP contribution in [0.3, 0.4) is 0 Å². The number of nitrogens with one attached hydrogen (secondary N) is 1. The molecule has 2 aromatic heterocycles. The van der Waals surface area contributed by atoms with Crippen molar-refractivity contribution in [1.29, 1.82) is 0 Å². The molecule has 0 bridgehead atoms. The van der Waals surface area contributed by atoms with Crippen LogP contribution in [0.25, 0.3) is 5.57 Å². The molecule has 0 saturated heterocycles. The predicted molar refractivity (Wildman–Crippen MR) is 95.8 cm³/mol. The lowest BCUT2D eigenvalue weighted by Crippen LogP contribution is -2.43. The Kier molecular flexibility index (Phi) is 3.87. The second kappa shape index (κ2) is 6.04. The van der Waals surface area contributed by atoms with Gasteiger partial charge in [-0.2, -0.15) is 5.10 Å². The minimum atomic E-state index is 0.0547. The zero-order valence-electron chi connectivity index (χ0n) is 14.3. The van der Waals surface area contributed by atoms with Gasteiger partial charge in [-0.15, -0.1) is 0 Å². The highest BCUT2D eigenvalue weighted by atomic mass is 15.3. The van der Waals surface area contributed by atoms with E-state index in [2.05, 4.69) is 40.6 Å². The van der Waals surface area contributed by atoms with Crippen molar-refractivity contribution < 1.29 is 0 Å². The van der Waals surface area contributed by atoms with Crippen LogP contribution in [0.4, 0.5) is 0 Å². The second-order valence-electron chi connectivity index (χ2n) is 7.33. The van der Waals surface area contributed by atoms with E-state index in [9.17, 15) is 0 Å². The second-order valence-corrected chi connectivity index (χ2v) is 7.33. The number of aliphatic imine (C=N–C) groups is 1. The van der Waals surface area contributed by atoms with Crippen molar-refractivity contribution in [3.05, 3.63) is 40.9 Å². The summed E-state index contributed by atoms with van der Waals surface area (Å²) >= 11 is 0. The molecule has 1 atom stereocenters. The fraction of sp³-hybridized carbons (Fsp3) is 0.526. The molecule has 0 radical (unpaired) electrons. The van der Waals surface area contributed by atoms with Crippen molar-refractivity contribution in [3.8, 4) is 0 Å². The number of hydrogen-bond donors (Lipinski definition) is 1. The normalized spacial score (nSPS) is 26.4. The van der Waals surface area contributed by atoms with E-state index in [1.165, 1.54) is 22.8 Å². The van der Waals surface area contributed by atoms with E-state index < -0.39 is 0 Å². The van der Waals surface area contributed by atoms with Crippen molar-refractivity contribution in [3.63, 3.8) is 0 Å². The fourth-order valence-electron chi connectivity index (χ4n) is 3.96. The largest absolute Gasteiger partial charge is 0.346 e. The third-order valence-corrected chi connectivity index (χ3v) is 5.60. The molecule has 1 fully saturated rings. The molecule has 5 nitrogen and oxygen atoms in total. The van der Waals surface area contributed by atoms with Gasteiger partial charge in [-0.1, -0.05) is 6.92 Å². The highest BCUT2D eigenvalue weighted by Crippen LogP contribution is 2.39. The SMILES string of the molecule is C=NCC1(n2cc(/C3=c4\cc[nH]\c4=N\CCC(C)C3)cn2)CCC1. The molecule has 1 N–H and O–H groups in total. The Balaban J connectivity index is 1.80. The summed E-state index contributed by atoms with van der Waals surface area (Å²) in [4.78, 5) is 12.2. The van der Waals surface area contributed by atoms with Crippen LogP contribution in [0.2, 0.25) is 0 Å². The molecular weight excluding hydrogens is 298 g/mol. The van der Waals surface area contributed by atoms with Gasteiger partial charge in [0.25, 0.3) is 0 Å².